The first kappa shape index (κ1) is 10.8. The van der Waals surface area contributed by atoms with Gasteiger partial charge in [0.1, 0.15) is 0 Å². The van der Waals surface area contributed by atoms with Gasteiger partial charge < -0.3 is 5.32 Å². The minimum Gasteiger partial charge on any atom is -0.316 e. The van der Waals surface area contributed by atoms with Gasteiger partial charge in [-0.05, 0) is 39.3 Å². The maximum atomic E-state index is 12.2. The molecule has 2 rings (SSSR count). The van der Waals surface area contributed by atoms with Crippen LogP contribution in [0.15, 0.2) is 6.07 Å². The SMILES string of the molecule is Cc1cc(C(=O)C2CCCNC2)c(C)s1. The molecule has 82 valence electrons. The average molecular weight is 223 g/mol. The first-order valence-electron chi connectivity index (χ1n) is 5.50. The van der Waals surface area contributed by atoms with Crippen LogP contribution in [0.5, 0.6) is 0 Å². The van der Waals surface area contributed by atoms with Crippen molar-refractivity contribution in [1.29, 1.82) is 0 Å². The summed E-state index contributed by atoms with van der Waals surface area (Å²) in [6.45, 7) is 6.02. The van der Waals surface area contributed by atoms with Crippen molar-refractivity contribution in [2.45, 2.75) is 26.7 Å². The van der Waals surface area contributed by atoms with Crippen molar-refractivity contribution in [3.8, 4) is 0 Å². The molecule has 1 aromatic rings. The first-order chi connectivity index (χ1) is 7.18. The molecule has 0 spiro atoms. The Balaban J connectivity index is 2.16. The molecule has 15 heavy (non-hydrogen) atoms. The van der Waals surface area contributed by atoms with Crippen molar-refractivity contribution in [3.05, 3.63) is 21.4 Å². The first-order valence-corrected chi connectivity index (χ1v) is 6.32. The summed E-state index contributed by atoms with van der Waals surface area (Å²) in [4.78, 5) is 14.6. The maximum Gasteiger partial charge on any atom is 0.168 e. The van der Waals surface area contributed by atoms with E-state index >= 15 is 0 Å². The Morgan fingerprint density at radius 2 is 2.33 bits per heavy atom. The molecule has 0 bridgehead atoms. The van der Waals surface area contributed by atoms with Crippen LogP contribution in [-0.4, -0.2) is 18.9 Å². The van der Waals surface area contributed by atoms with E-state index in [0.717, 1.165) is 31.5 Å². The zero-order valence-electron chi connectivity index (χ0n) is 9.30. The van der Waals surface area contributed by atoms with E-state index in [9.17, 15) is 4.79 Å². The number of thiophene rings is 1. The molecule has 3 heteroatoms. The smallest absolute Gasteiger partial charge is 0.168 e. The fraction of sp³-hybridized carbons (Fsp3) is 0.583. The van der Waals surface area contributed by atoms with Crippen LogP contribution in [0.2, 0.25) is 0 Å². The largest absolute Gasteiger partial charge is 0.316 e. The molecule has 0 radical (unpaired) electrons. The summed E-state index contributed by atoms with van der Waals surface area (Å²) >= 11 is 1.72. The molecule has 1 unspecified atom stereocenters. The Morgan fingerprint density at radius 3 is 2.87 bits per heavy atom. The molecule has 1 atom stereocenters. The molecular weight excluding hydrogens is 206 g/mol. The minimum absolute atomic E-state index is 0.200. The summed E-state index contributed by atoms with van der Waals surface area (Å²) < 4.78 is 0. The minimum atomic E-state index is 0.200. The van der Waals surface area contributed by atoms with E-state index in [0.29, 0.717) is 5.78 Å². The van der Waals surface area contributed by atoms with Gasteiger partial charge in [-0.15, -0.1) is 11.3 Å². The van der Waals surface area contributed by atoms with Crippen molar-refractivity contribution in [3.63, 3.8) is 0 Å². The Hall–Kier alpha value is -0.670. The van der Waals surface area contributed by atoms with Gasteiger partial charge in [0, 0.05) is 27.8 Å². The fourth-order valence-electron chi connectivity index (χ4n) is 2.17. The molecule has 1 fully saturated rings. The Labute approximate surface area is 94.7 Å². The fourth-order valence-corrected chi connectivity index (χ4v) is 3.10. The molecule has 1 aliphatic heterocycles. The van der Waals surface area contributed by atoms with Crippen LogP contribution in [0.25, 0.3) is 0 Å². The molecule has 0 saturated carbocycles. The second-order valence-corrected chi connectivity index (χ2v) is 5.69. The summed E-state index contributed by atoms with van der Waals surface area (Å²) in [6, 6.07) is 2.04. The number of carbonyl (C=O) groups is 1. The molecule has 1 saturated heterocycles. The van der Waals surface area contributed by atoms with E-state index in [-0.39, 0.29) is 5.92 Å². The number of ketones is 1. The van der Waals surface area contributed by atoms with Crippen LogP contribution in [0.4, 0.5) is 0 Å². The van der Waals surface area contributed by atoms with Gasteiger partial charge in [0.05, 0.1) is 0 Å². The highest BCUT2D eigenvalue weighted by Gasteiger charge is 2.24. The highest BCUT2D eigenvalue weighted by Crippen LogP contribution is 2.25. The van der Waals surface area contributed by atoms with Gasteiger partial charge in [0.2, 0.25) is 0 Å². The quantitative estimate of drug-likeness (QED) is 0.781. The summed E-state index contributed by atoms with van der Waals surface area (Å²) in [7, 11) is 0. The van der Waals surface area contributed by atoms with Gasteiger partial charge in [-0.3, -0.25) is 4.79 Å². The highest BCUT2D eigenvalue weighted by molar-refractivity contribution is 7.12. The van der Waals surface area contributed by atoms with Gasteiger partial charge in [-0.1, -0.05) is 0 Å². The number of Topliss-reactive ketones (excluding diaryl/α,β-unsaturated/α-hetero) is 1. The predicted molar refractivity (Wildman–Crippen MR) is 63.7 cm³/mol. The van der Waals surface area contributed by atoms with Gasteiger partial charge >= 0.3 is 0 Å². The number of aryl methyl sites for hydroxylation is 2. The normalized spacial score (nSPS) is 21.6. The highest BCUT2D eigenvalue weighted by atomic mass is 32.1. The lowest BCUT2D eigenvalue weighted by molar-refractivity contribution is 0.0899. The van der Waals surface area contributed by atoms with E-state index in [4.69, 9.17) is 0 Å². The van der Waals surface area contributed by atoms with E-state index in [1.165, 1.54) is 9.75 Å². The zero-order valence-corrected chi connectivity index (χ0v) is 10.1. The van der Waals surface area contributed by atoms with Crippen molar-refractivity contribution >= 4 is 17.1 Å². The Kier molecular flexibility index (Phi) is 3.22. The molecule has 1 aliphatic rings. The number of carbonyl (C=O) groups excluding carboxylic acids is 1. The molecule has 1 aromatic heterocycles. The molecule has 0 aromatic carbocycles. The Bertz CT molecular complexity index is 364. The average Bonchev–Trinajstić information content (AvgIpc) is 2.58. The van der Waals surface area contributed by atoms with Gasteiger partial charge in [-0.25, -0.2) is 0 Å². The van der Waals surface area contributed by atoms with Crippen LogP contribution >= 0.6 is 11.3 Å². The standard InChI is InChI=1S/C12H17NOS/c1-8-6-11(9(2)15-8)12(14)10-4-3-5-13-7-10/h6,10,13H,3-5,7H2,1-2H3. The van der Waals surface area contributed by atoms with Gasteiger partial charge in [0.15, 0.2) is 5.78 Å². The molecule has 2 heterocycles. The van der Waals surface area contributed by atoms with Gasteiger partial charge in [-0.2, -0.15) is 0 Å². The van der Waals surface area contributed by atoms with Crippen LogP contribution in [0, 0.1) is 19.8 Å². The van der Waals surface area contributed by atoms with Crippen LogP contribution < -0.4 is 5.32 Å². The third kappa shape index (κ3) is 2.29. The third-order valence-corrected chi connectivity index (χ3v) is 3.94. The van der Waals surface area contributed by atoms with E-state index in [1.807, 2.05) is 13.0 Å². The van der Waals surface area contributed by atoms with Crippen LogP contribution in [0.3, 0.4) is 0 Å². The molecular formula is C12H17NOS. The molecule has 1 N–H and O–H groups in total. The van der Waals surface area contributed by atoms with Gasteiger partial charge in [0.25, 0.3) is 0 Å². The third-order valence-electron chi connectivity index (χ3n) is 2.97. The Morgan fingerprint density at radius 1 is 1.53 bits per heavy atom. The predicted octanol–water partition coefficient (Wildman–Crippen LogP) is 2.55. The van der Waals surface area contributed by atoms with E-state index in [1.54, 1.807) is 11.3 Å². The number of piperidine rings is 1. The second-order valence-electron chi connectivity index (χ2n) is 4.23. The van der Waals surface area contributed by atoms with Crippen LogP contribution in [0.1, 0.15) is 33.0 Å². The summed E-state index contributed by atoms with van der Waals surface area (Å²) in [6.07, 6.45) is 2.17. The molecule has 2 nitrogen and oxygen atoms in total. The van der Waals surface area contributed by atoms with Crippen molar-refractivity contribution in [2.75, 3.05) is 13.1 Å². The zero-order chi connectivity index (χ0) is 10.8. The van der Waals surface area contributed by atoms with Crippen molar-refractivity contribution < 1.29 is 4.79 Å². The number of nitrogens with one attached hydrogen (secondary N) is 1. The van der Waals surface area contributed by atoms with Crippen molar-refractivity contribution in [1.82, 2.24) is 5.32 Å². The maximum absolute atomic E-state index is 12.2. The monoisotopic (exact) mass is 223 g/mol. The second kappa shape index (κ2) is 4.45. The van der Waals surface area contributed by atoms with Crippen LogP contribution in [-0.2, 0) is 0 Å². The van der Waals surface area contributed by atoms with Crippen molar-refractivity contribution in [2.24, 2.45) is 5.92 Å². The number of hydrogen-bond acceptors (Lipinski definition) is 3. The number of hydrogen-bond donors (Lipinski definition) is 1. The van der Waals surface area contributed by atoms with E-state index in [2.05, 4.69) is 12.2 Å². The molecule has 0 amide bonds. The summed E-state index contributed by atoms with van der Waals surface area (Å²) in [5.41, 5.74) is 0.950. The summed E-state index contributed by atoms with van der Waals surface area (Å²) in [5, 5.41) is 3.29. The van der Waals surface area contributed by atoms with E-state index < -0.39 is 0 Å². The molecule has 0 aliphatic carbocycles. The lowest BCUT2D eigenvalue weighted by Gasteiger charge is -2.21. The topological polar surface area (TPSA) is 29.1 Å². The summed E-state index contributed by atoms with van der Waals surface area (Å²) in [5.74, 6) is 0.538. The lowest BCUT2D eigenvalue weighted by Crippen LogP contribution is -2.34. The number of rotatable bonds is 2. The lowest BCUT2D eigenvalue weighted by atomic mass is 9.91.